The van der Waals surface area contributed by atoms with Crippen molar-refractivity contribution in [2.24, 2.45) is 5.92 Å². The molecular weight excluding hydrogens is 394 g/mol. The molecule has 1 N–H and O–H groups in total. The number of benzene rings is 1. The van der Waals surface area contributed by atoms with Crippen LogP contribution in [0.2, 0.25) is 0 Å². The van der Waals surface area contributed by atoms with Crippen molar-refractivity contribution in [2.45, 2.75) is 19.5 Å². The van der Waals surface area contributed by atoms with Crippen LogP contribution in [0, 0.1) is 12.8 Å². The van der Waals surface area contributed by atoms with Gasteiger partial charge in [0.25, 0.3) is 5.91 Å². The van der Waals surface area contributed by atoms with Crippen molar-refractivity contribution in [3.63, 3.8) is 0 Å². The summed E-state index contributed by atoms with van der Waals surface area (Å²) in [6, 6.07) is 11.5. The number of ether oxygens (including phenoxy) is 1. The van der Waals surface area contributed by atoms with E-state index in [0.717, 1.165) is 11.1 Å². The van der Waals surface area contributed by atoms with Gasteiger partial charge in [-0.05, 0) is 48.4 Å². The molecule has 3 aromatic rings. The number of methoxy groups -OCH3 is 1. The molecule has 4 rings (SSSR count). The zero-order valence-electron chi connectivity index (χ0n) is 17.2. The summed E-state index contributed by atoms with van der Waals surface area (Å²) in [5, 5.41) is 0. The van der Waals surface area contributed by atoms with Crippen LogP contribution in [0.25, 0.3) is 0 Å². The molecule has 0 bridgehead atoms. The third-order valence-corrected chi connectivity index (χ3v) is 5.52. The molecule has 0 aliphatic carbocycles. The predicted molar refractivity (Wildman–Crippen MR) is 111 cm³/mol. The second kappa shape index (κ2) is 8.47. The number of hydrogen-bond acceptors (Lipinski definition) is 5. The fourth-order valence-electron chi connectivity index (χ4n) is 4.02. The standard InChI is InChI=1S/C24H21N3O4/c1-15-11-17(7-8-19(15)31-2)22(28)20-21(18-6-4-10-26-13-18)27(24(30)23(20)29)14-16-5-3-9-25-12-16/h3-13,20-21H,14H2,1-2H3/p+1. The average Bonchev–Trinajstić information content (AvgIpc) is 3.04. The molecule has 0 saturated carbocycles. The molecule has 2 atom stereocenters. The van der Waals surface area contributed by atoms with Gasteiger partial charge in [0.05, 0.1) is 19.7 Å². The molecule has 1 aliphatic heterocycles. The van der Waals surface area contributed by atoms with Crippen molar-refractivity contribution in [3.8, 4) is 5.75 Å². The molecule has 31 heavy (non-hydrogen) atoms. The van der Waals surface area contributed by atoms with Crippen molar-refractivity contribution in [2.75, 3.05) is 7.11 Å². The Labute approximate surface area is 179 Å². The Morgan fingerprint density at radius 3 is 2.68 bits per heavy atom. The third-order valence-electron chi connectivity index (χ3n) is 5.52. The van der Waals surface area contributed by atoms with Crippen molar-refractivity contribution in [1.29, 1.82) is 0 Å². The van der Waals surface area contributed by atoms with Crippen LogP contribution in [0.1, 0.15) is 33.1 Å². The molecule has 1 aromatic carbocycles. The zero-order valence-corrected chi connectivity index (χ0v) is 17.2. The van der Waals surface area contributed by atoms with Gasteiger partial charge < -0.3 is 9.64 Å². The van der Waals surface area contributed by atoms with Gasteiger partial charge in [0.2, 0.25) is 5.78 Å². The van der Waals surface area contributed by atoms with Gasteiger partial charge in [-0.3, -0.25) is 19.4 Å². The zero-order chi connectivity index (χ0) is 22.0. The minimum Gasteiger partial charge on any atom is -0.496 e. The lowest BCUT2D eigenvalue weighted by Crippen LogP contribution is -2.30. The van der Waals surface area contributed by atoms with Gasteiger partial charge >= 0.3 is 0 Å². The molecule has 1 fully saturated rings. The van der Waals surface area contributed by atoms with Gasteiger partial charge in [-0.2, -0.15) is 0 Å². The van der Waals surface area contributed by atoms with Crippen LogP contribution in [0.15, 0.2) is 67.3 Å². The molecule has 0 spiro atoms. The molecule has 7 heteroatoms. The van der Waals surface area contributed by atoms with Gasteiger partial charge in [0.15, 0.2) is 18.2 Å². The Morgan fingerprint density at radius 2 is 2.03 bits per heavy atom. The first-order valence-electron chi connectivity index (χ1n) is 9.90. The summed E-state index contributed by atoms with van der Waals surface area (Å²) in [5.41, 5.74) is 2.61. The highest BCUT2D eigenvalue weighted by atomic mass is 16.5. The summed E-state index contributed by atoms with van der Waals surface area (Å²) in [6.07, 6.45) is 6.74. The van der Waals surface area contributed by atoms with E-state index in [1.54, 1.807) is 62.2 Å². The highest BCUT2D eigenvalue weighted by Gasteiger charge is 2.51. The van der Waals surface area contributed by atoms with Crippen LogP contribution in [-0.2, 0) is 16.1 Å². The number of amides is 1. The number of rotatable bonds is 6. The first-order chi connectivity index (χ1) is 15.0. The number of likely N-dealkylation sites (tertiary alicyclic amines) is 1. The highest BCUT2D eigenvalue weighted by Crippen LogP contribution is 2.39. The number of Topliss-reactive ketones (excluding diaryl/α,β-unsaturated/α-hetero) is 2. The number of nitrogens with zero attached hydrogens (tertiary/aromatic N) is 2. The largest absolute Gasteiger partial charge is 0.496 e. The first-order valence-corrected chi connectivity index (χ1v) is 9.90. The van der Waals surface area contributed by atoms with E-state index in [1.807, 2.05) is 19.1 Å². The monoisotopic (exact) mass is 416 g/mol. The molecule has 1 aliphatic rings. The van der Waals surface area contributed by atoms with Crippen molar-refractivity contribution in [3.05, 3.63) is 89.5 Å². The lowest BCUT2D eigenvalue weighted by molar-refractivity contribution is -0.378. The molecule has 1 amide bonds. The Kier molecular flexibility index (Phi) is 5.58. The van der Waals surface area contributed by atoms with E-state index < -0.39 is 23.7 Å². The molecular formula is C24H22N3O4+. The molecule has 3 heterocycles. The molecule has 2 unspecified atom stereocenters. The van der Waals surface area contributed by atoms with Crippen molar-refractivity contribution >= 4 is 17.5 Å². The summed E-state index contributed by atoms with van der Waals surface area (Å²) < 4.78 is 5.27. The molecule has 156 valence electrons. The van der Waals surface area contributed by atoms with Crippen LogP contribution in [0.4, 0.5) is 0 Å². The van der Waals surface area contributed by atoms with E-state index in [9.17, 15) is 14.4 Å². The number of H-pyrrole nitrogens is 1. The predicted octanol–water partition coefficient (Wildman–Crippen LogP) is 2.36. The number of ketones is 2. The summed E-state index contributed by atoms with van der Waals surface area (Å²) in [4.78, 5) is 48.1. The number of nitrogens with one attached hydrogen (secondary N) is 1. The number of aryl methyl sites for hydroxylation is 1. The summed E-state index contributed by atoms with van der Waals surface area (Å²) in [6.45, 7) is 2.03. The Balaban J connectivity index is 1.76. The summed E-state index contributed by atoms with van der Waals surface area (Å²) >= 11 is 0. The Morgan fingerprint density at radius 1 is 1.19 bits per heavy atom. The SMILES string of the molecule is COc1ccc(C(=O)C2C(=O)C(=O)N(Cc3ccc[nH+]c3)C2c2cccnc2)cc1C. The maximum atomic E-state index is 13.5. The second-order valence-electron chi connectivity index (χ2n) is 7.47. The topological polar surface area (TPSA) is 90.7 Å². The van der Waals surface area contributed by atoms with Gasteiger partial charge in [-0.1, -0.05) is 6.07 Å². The van der Waals surface area contributed by atoms with Crippen LogP contribution < -0.4 is 9.72 Å². The fourth-order valence-corrected chi connectivity index (χ4v) is 4.02. The maximum absolute atomic E-state index is 13.5. The van der Waals surface area contributed by atoms with Gasteiger partial charge in [0, 0.05) is 29.6 Å². The maximum Gasteiger partial charge on any atom is 0.291 e. The number of aromatic amines is 1. The smallest absolute Gasteiger partial charge is 0.291 e. The second-order valence-corrected chi connectivity index (χ2v) is 7.47. The number of carbonyl (C=O) groups excluding carboxylic acids is 3. The fraction of sp³-hybridized carbons (Fsp3) is 0.208. The van der Waals surface area contributed by atoms with E-state index in [2.05, 4.69) is 9.97 Å². The Bertz CT molecular complexity index is 1130. The first kappa shape index (κ1) is 20.4. The normalized spacial score (nSPS) is 18.3. The summed E-state index contributed by atoms with van der Waals surface area (Å²) in [5.74, 6) is -2.25. The number of hydrogen-bond donors (Lipinski definition) is 0. The van der Waals surface area contributed by atoms with E-state index >= 15 is 0 Å². The minimum absolute atomic E-state index is 0.201. The third kappa shape index (κ3) is 3.82. The minimum atomic E-state index is -1.14. The van der Waals surface area contributed by atoms with E-state index in [1.165, 1.54) is 4.90 Å². The van der Waals surface area contributed by atoms with E-state index in [4.69, 9.17) is 4.74 Å². The Hall–Kier alpha value is -3.87. The molecule has 0 radical (unpaired) electrons. The van der Waals surface area contributed by atoms with E-state index in [-0.39, 0.29) is 12.3 Å². The van der Waals surface area contributed by atoms with Crippen molar-refractivity contribution in [1.82, 2.24) is 9.88 Å². The van der Waals surface area contributed by atoms with Crippen molar-refractivity contribution < 1.29 is 24.1 Å². The highest BCUT2D eigenvalue weighted by molar-refractivity contribution is 6.44. The number of pyridine rings is 2. The quantitative estimate of drug-likeness (QED) is 0.350. The summed E-state index contributed by atoms with van der Waals surface area (Å²) in [7, 11) is 1.56. The number of carbonyl (C=O) groups is 3. The lowest BCUT2D eigenvalue weighted by atomic mass is 9.86. The molecule has 7 nitrogen and oxygen atoms in total. The average molecular weight is 416 g/mol. The van der Waals surface area contributed by atoms with Crippen LogP contribution in [0.3, 0.4) is 0 Å². The molecule has 1 saturated heterocycles. The number of aromatic nitrogens is 2. The lowest BCUT2D eigenvalue weighted by Gasteiger charge is -2.26. The van der Waals surface area contributed by atoms with Gasteiger partial charge in [0.1, 0.15) is 11.7 Å². The molecule has 2 aromatic heterocycles. The van der Waals surface area contributed by atoms with Gasteiger partial charge in [-0.15, -0.1) is 0 Å². The van der Waals surface area contributed by atoms with Crippen LogP contribution in [0.5, 0.6) is 5.75 Å². The van der Waals surface area contributed by atoms with Crippen LogP contribution in [-0.4, -0.2) is 34.5 Å². The van der Waals surface area contributed by atoms with E-state index in [0.29, 0.717) is 16.9 Å². The van der Waals surface area contributed by atoms with Gasteiger partial charge in [-0.25, -0.2) is 4.98 Å². The van der Waals surface area contributed by atoms with Crippen LogP contribution >= 0.6 is 0 Å².